The van der Waals surface area contributed by atoms with E-state index >= 15 is 0 Å². The maximum Gasteiger partial charge on any atom is 0.326 e. The zero-order valence-corrected chi connectivity index (χ0v) is 37.5. The molecule has 0 radical (unpaired) electrons. The second kappa shape index (κ2) is 30.6. The fourth-order valence-corrected chi connectivity index (χ4v) is 6.04. The smallest absolute Gasteiger partial charge is 0.326 e. The Hall–Kier alpha value is -6.48. The van der Waals surface area contributed by atoms with Crippen LogP contribution in [0.2, 0.25) is 0 Å². The van der Waals surface area contributed by atoms with E-state index in [0.29, 0.717) is 6.42 Å². The highest BCUT2D eigenvalue weighted by Gasteiger charge is 2.36. The maximum absolute atomic E-state index is 13.9. The van der Waals surface area contributed by atoms with Gasteiger partial charge in [-0.2, -0.15) is 0 Å². The van der Waals surface area contributed by atoms with Crippen molar-refractivity contribution in [3.8, 4) is 0 Å². The normalized spacial score (nSPS) is 14.7. The number of carbonyl (C=O) groups is 12. The molecule has 19 N–H and O–H groups in total. The summed E-state index contributed by atoms with van der Waals surface area (Å²) in [6, 6.07) is -12.8. The molecule has 0 bridgehead atoms. The van der Waals surface area contributed by atoms with Crippen LogP contribution < -0.4 is 60.2 Å². The van der Waals surface area contributed by atoms with Gasteiger partial charge in [0, 0.05) is 12.8 Å². The molecular formula is C39H67N11O16. The molecule has 0 aliphatic carbocycles. The van der Waals surface area contributed by atoms with Crippen molar-refractivity contribution >= 4 is 71.1 Å². The van der Waals surface area contributed by atoms with E-state index in [1.54, 1.807) is 27.7 Å². The fraction of sp³-hybridized carbons (Fsp3) is 0.692. The van der Waals surface area contributed by atoms with E-state index in [1.165, 1.54) is 0 Å². The minimum absolute atomic E-state index is 0.0327. The van der Waals surface area contributed by atoms with Crippen molar-refractivity contribution in [2.45, 2.75) is 147 Å². The van der Waals surface area contributed by atoms with Crippen molar-refractivity contribution in [3.63, 3.8) is 0 Å². The van der Waals surface area contributed by atoms with Crippen LogP contribution >= 0.6 is 0 Å². The summed E-state index contributed by atoms with van der Waals surface area (Å²) in [5.41, 5.74) is 21.9. The molecule has 0 aromatic heterocycles. The monoisotopic (exact) mass is 945 g/mol. The molecule has 374 valence electrons. The molecule has 0 saturated heterocycles. The van der Waals surface area contributed by atoms with Crippen LogP contribution in [-0.4, -0.2) is 153 Å². The number of unbranched alkanes of at least 4 members (excludes halogenated alkanes) is 1. The first-order valence-electron chi connectivity index (χ1n) is 21.1. The van der Waals surface area contributed by atoms with Gasteiger partial charge in [-0.15, -0.1) is 0 Å². The van der Waals surface area contributed by atoms with Crippen LogP contribution in [0.15, 0.2) is 0 Å². The number of nitrogens with two attached hydrogens (primary N) is 4. The minimum Gasteiger partial charge on any atom is -0.481 e. The summed E-state index contributed by atoms with van der Waals surface area (Å²) in [5.74, 6) is -14.6. The van der Waals surface area contributed by atoms with Gasteiger partial charge in [0.2, 0.25) is 53.2 Å². The minimum atomic E-state index is -1.94. The van der Waals surface area contributed by atoms with E-state index in [9.17, 15) is 72.9 Å². The van der Waals surface area contributed by atoms with Gasteiger partial charge in [-0.25, -0.2) is 4.79 Å². The van der Waals surface area contributed by atoms with Gasteiger partial charge >= 0.3 is 17.9 Å². The van der Waals surface area contributed by atoms with Gasteiger partial charge < -0.3 is 80.6 Å². The second-order valence-electron chi connectivity index (χ2n) is 16.3. The van der Waals surface area contributed by atoms with Crippen LogP contribution in [0.1, 0.15) is 98.3 Å². The van der Waals surface area contributed by atoms with Gasteiger partial charge in [0.25, 0.3) is 0 Å². The van der Waals surface area contributed by atoms with E-state index in [2.05, 4.69) is 31.9 Å². The highest BCUT2D eigenvalue weighted by atomic mass is 16.4. The molecule has 27 heteroatoms. The number of aliphatic carboxylic acids is 3. The first-order chi connectivity index (χ1) is 30.7. The van der Waals surface area contributed by atoms with E-state index < -0.39 is 165 Å². The predicted molar refractivity (Wildman–Crippen MR) is 229 cm³/mol. The topological polar surface area (TPSA) is 474 Å². The summed E-state index contributed by atoms with van der Waals surface area (Å²) >= 11 is 0. The second-order valence-corrected chi connectivity index (χ2v) is 16.3. The summed E-state index contributed by atoms with van der Waals surface area (Å²) in [6.07, 6.45) is -3.87. The zero-order chi connectivity index (χ0) is 50.8. The lowest BCUT2D eigenvalue weighted by Crippen LogP contribution is -2.60. The van der Waals surface area contributed by atoms with E-state index in [0.717, 1.165) is 0 Å². The molecular weight excluding hydrogens is 878 g/mol. The lowest BCUT2D eigenvalue weighted by Gasteiger charge is -2.28. The molecule has 0 saturated carbocycles. The molecule has 0 aliphatic rings. The number of hydrogen-bond donors (Lipinski definition) is 15. The van der Waals surface area contributed by atoms with Crippen molar-refractivity contribution in [1.82, 2.24) is 37.2 Å². The zero-order valence-electron chi connectivity index (χ0n) is 37.5. The number of aliphatic hydroxyl groups excluding tert-OH is 1. The van der Waals surface area contributed by atoms with Crippen LogP contribution in [0.4, 0.5) is 0 Å². The largest absolute Gasteiger partial charge is 0.481 e. The highest BCUT2D eigenvalue weighted by molar-refractivity contribution is 5.99. The Morgan fingerprint density at radius 2 is 0.833 bits per heavy atom. The number of carbonyl (C=O) groups excluding carboxylic acids is 9. The molecule has 0 fully saturated rings. The first-order valence-corrected chi connectivity index (χ1v) is 21.1. The lowest BCUT2D eigenvalue weighted by atomic mass is 10.00. The van der Waals surface area contributed by atoms with Crippen LogP contribution in [0.5, 0.6) is 0 Å². The van der Waals surface area contributed by atoms with Crippen molar-refractivity contribution in [2.75, 3.05) is 13.2 Å². The van der Waals surface area contributed by atoms with Crippen LogP contribution in [0.25, 0.3) is 0 Å². The standard InChI is InChI=1S/C39H67N11O16/c1-18(2)13-24(47-32(58)20(41)17-51)36(62)49-26(15-29(43)53)37(63)48-25(14-19(3)4)35(61)45-22(8-10-28(42)52)34(60)44-21(7-5-6-12-40)33(59)50-27(16-31(56)57)38(64)46-23(39(65)66)9-11-30(54)55/h18-27,51H,5-17,40-41H2,1-4H3,(H2,42,52)(H2,43,53)(H,44,60)(H,45,61)(H,46,64)(H,47,58)(H,48,63)(H,49,62)(H,50,59)(H,54,55)(H,56,57)(H,65,66)/t20-,21-,22-,23-,24-,25-,26-,27-/m0/s1. The molecule has 0 aromatic carbocycles. The van der Waals surface area contributed by atoms with Gasteiger partial charge in [-0.1, -0.05) is 27.7 Å². The lowest BCUT2D eigenvalue weighted by molar-refractivity contribution is -0.144. The molecule has 66 heavy (non-hydrogen) atoms. The van der Waals surface area contributed by atoms with E-state index in [-0.39, 0.29) is 44.1 Å². The van der Waals surface area contributed by atoms with Crippen molar-refractivity contribution in [1.29, 1.82) is 0 Å². The number of hydrogen-bond acceptors (Lipinski definition) is 15. The number of nitrogens with one attached hydrogen (secondary N) is 7. The maximum atomic E-state index is 13.9. The molecule has 0 unspecified atom stereocenters. The Bertz CT molecular complexity index is 1730. The number of aliphatic hydroxyl groups is 1. The van der Waals surface area contributed by atoms with Crippen molar-refractivity contribution in [3.05, 3.63) is 0 Å². The summed E-state index contributed by atoms with van der Waals surface area (Å²) in [6.45, 7) is 6.19. The Kier molecular flexibility index (Phi) is 27.6. The number of carboxylic acids is 3. The molecule has 0 aromatic rings. The third-order valence-corrected chi connectivity index (χ3v) is 9.42. The van der Waals surface area contributed by atoms with Crippen LogP contribution in [-0.2, 0) is 57.5 Å². The number of primary amides is 2. The summed E-state index contributed by atoms with van der Waals surface area (Å²) in [5, 5.41) is 53.3. The molecule has 9 amide bonds. The summed E-state index contributed by atoms with van der Waals surface area (Å²) in [4.78, 5) is 152. The Balaban J connectivity index is 6.67. The molecule has 0 rings (SSSR count). The quantitative estimate of drug-likeness (QED) is 0.0268. The molecule has 0 aliphatic heterocycles. The number of amides is 9. The van der Waals surface area contributed by atoms with E-state index in [4.69, 9.17) is 28.0 Å². The average molecular weight is 946 g/mol. The highest BCUT2D eigenvalue weighted by Crippen LogP contribution is 2.11. The van der Waals surface area contributed by atoms with Gasteiger partial charge in [-0.3, -0.25) is 52.7 Å². The fourth-order valence-electron chi connectivity index (χ4n) is 6.04. The van der Waals surface area contributed by atoms with Crippen molar-refractivity contribution in [2.24, 2.45) is 34.8 Å². The number of carboxylic acid groups (broad SMARTS) is 3. The predicted octanol–water partition coefficient (Wildman–Crippen LogP) is -5.51. The number of rotatable bonds is 34. The summed E-state index contributed by atoms with van der Waals surface area (Å²) in [7, 11) is 0. The first kappa shape index (κ1) is 59.5. The molecule has 0 spiro atoms. The molecule has 8 atom stereocenters. The SMILES string of the molecule is CC(C)C[C@H](NC(=O)[C@H](CC(N)=O)NC(=O)[C@H](CC(C)C)NC(=O)[C@@H](N)CO)C(=O)N[C@@H](CCC(N)=O)C(=O)N[C@@H](CCCCN)C(=O)N[C@@H](CC(=O)O)C(=O)N[C@@H](CCC(=O)O)C(=O)O. The van der Waals surface area contributed by atoms with Crippen LogP contribution in [0, 0.1) is 11.8 Å². The third-order valence-electron chi connectivity index (χ3n) is 9.42. The van der Waals surface area contributed by atoms with E-state index in [1.807, 2.05) is 5.32 Å². The molecule has 0 heterocycles. The Morgan fingerprint density at radius 3 is 1.23 bits per heavy atom. The van der Waals surface area contributed by atoms with Crippen LogP contribution in [0.3, 0.4) is 0 Å². The van der Waals surface area contributed by atoms with Crippen molar-refractivity contribution < 1.29 is 78.0 Å². The van der Waals surface area contributed by atoms with Gasteiger partial charge in [0.1, 0.15) is 48.3 Å². The third kappa shape index (κ3) is 24.5. The Labute approximate surface area is 380 Å². The summed E-state index contributed by atoms with van der Waals surface area (Å²) < 4.78 is 0. The Morgan fingerprint density at radius 1 is 0.455 bits per heavy atom. The van der Waals surface area contributed by atoms with Gasteiger partial charge in [-0.05, 0) is 63.3 Å². The average Bonchev–Trinajstić information content (AvgIpc) is 3.20. The van der Waals surface area contributed by atoms with Gasteiger partial charge in [0.05, 0.1) is 19.4 Å². The van der Waals surface area contributed by atoms with Gasteiger partial charge in [0.15, 0.2) is 0 Å². The molecule has 27 nitrogen and oxygen atoms in total.